The molecule has 1 aliphatic heterocycles. The minimum absolute atomic E-state index is 0.436. The van der Waals surface area contributed by atoms with Crippen LogP contribution in [0.5, 0.6) is 0 Å². The molecule has 1 unspecified atom stereocenters. The summed E-state index contributed by atoms with van der Waals surface area (Å²) in [7, 11) is 0. The predicted molar refractivity (Wildman–Crippen MR) is 49.7 cm³/mol. The van der Waals surface area contributed by atoms with Crippen molar-refractivity contribution in [1.82, 2.24) is 4.90 Å². The Morgan fingerprint density at radius 2 is 2.42 bits per heavy atom. The van der Waals surface area contributed by atoms with Crippen molar-refractivity contribution < 1.29 is 5.11 Å². The number of hydrogen-bond donors (Lipinski definition) is 1. The first kappa shape index (κ1) is 9.57. The summed E-state index contributed by atoms with van der Waals surface area (Å²) in [6, 6.07) is 0. The Balaban J connectivity index is 2.31. The van der Waals surface area contributed by atoms with Crippen LogP contribution >= 0.6 is 0 Å². The van der Waals surface area contributed by atoms with Crippen LogP contribution in [-0.2, 0) is 0 Å². The van der Waals surface area contributed by atoms with E-state index in [0.29, 0.717) is 0 Å². The highest BCUT2D eigenvalue weighted by Crippen LogP contribution is 2.23. The number of hydrogen-bond acceptors (Lipinski definition) is 2. The second kappa shape index (κ2) is 3.93. The van der Waals surface area contributed by atoms with Crippen molar-refractivity contribution in [2.24, 2.45) is 0 Å². The molecule has 1 N–H and O–H groups in total. The summed E-state index contributed by atoms with van der Waals surface area (Å²) >= 11 is 0. The minimum Gasteiger partial charge on any atom is -0.389 e. The van der Waals surface area contributed by atoms with Crippen molar-refractivity contribution >= 4 is 0 Å². The molecule has 68 valence electrons. The molecule has 2 nitrogen and oxygen atoms in total. The Hall–Kier alpha value is -0.520. The van der Waals surface area contributed by atoms with Gasteiger partial charge in [-0.3, -0.25) is 4.90 Å². The van der Waals surface area contributed by atoms with Gasteiger partial charge in [0.1, 0.15) is 0 Å². The van der Waals surface area contributed by atoms with Crippen LogP contribution in [0.3, 0.4) is 0 Å². The molecular weight excluding hydrogens is 150 g/mol. The Labute approximate surface area is 74.6 Å². The largest absolute Gasteiger partial charge is 0.389 e. The number of terminal acetylenes is 1. The van der Waals surface area contributed by atoms with Gasteiger partial charge in [-0.05, 0) is 12.8 Å². The first-order valence-corrected chi connectivity index (χ1v) is 4.58. The molecule has 0 saturated carbocycles. The Morgan fingerprint density at radius 1 is 1.67 bits per heavy atom. The molecule has 1 aliphatic rings. The fourth-order valence-electron chi connectivity index (χ4n) is 1.64. The Morgan fingerprint density at radius 3 is 2.92 bits per heavy atom. The molecule has 0 bridgehead atoms. The van der Waals surface area contributed by atoms with E-state index in [2.05, 4.69) is 10.8 Å². The molecule has 0 spiro atoms. The maximum absolute atomic E-state index is 9.88. The summed E-state index contributed by atoms with van der Waals surface area (Å²) < 4.78 is 0. The first-order valence-electron chi connectivity index (χ1n) is 4.58. The Kier molecular flexibility index (Phi) is 3.13. The maximum Gasteiger partial charge on any atom is 0.0783 e. The summed E-state index contributed by atoms with van der Waals surface area (Å²) in [5, 5.41) is 9.88. The zero-order valence-corrected chi connectivity index (χ0v) is 7.71. The van der Waals surface area contributed by atoms with Crippen molar-refractivity contribution in [2.75, 3.05) is 19.6 Å². The van der Waals surface area contributed by atoms with Crippen molar-refractivity contribution in [2.45, 2.75) is 31.8 Å². The smallest absolute Gasteiger partial charge is 0.0783 e. The van der Waals surface area contributed by atoms with Crippen LogP contribution < -0.4 is 0 Å². The van der Waals surface area contributed by atoms with Gasteiger partial charge >= 0.3 is 0 Å². The van der Waals surface area contributed by atoms with Crippen LogP contribution in [-0.4, -0.2) is 35.2 Å². The third-order valence-electron chi connectivity index (χ3n) is 2.64. The second-order valence-corrected chi connectivity index (χ2v) is 3.56. The van der Waals surface area contributed by atoms with E-state index in [4.69, 9.17) is 6.42 Å². The van der Waals surface area contributed by atoms with Gasteiger partial charge in [-0.15, -0.1) is 12.3 Å². The quantitative estimate of drug-likeness (QED) is 0.630. The molecule has 1 atom stereocenters. The van der Waals surface area contributed by atoms with E-state index >= 15 is 0 Å². The molecule has 0 radical (unpaired) electrons. The summed E-state index contributed by atoms with van der Waals surface area (Å²) in [5.74, 6) is 2.62. The minimum atomic E-state index is -0.436. The molecule has 1 heterocycles. The maximum atomic E-state index is 9.88. The molecule has 1 saturated heterocycles. The number of nitrogens with zero attached hydrogens (tertiary/aromatic N) is 1. The number of β-amino-alcohol motifs (C(OH)–C–C–N with tert-alkyl or cyclic N) is 1. The third kappa shape index (κ3) is 2.23. The van der Waals surface area contributed by atoms with Gasteiger partial charge in [-0.1, -0.05) is 6.92 Å². The Bertz CT molecular complexity index is 185. The fourth-order valence-corrected chi connectivity index (χ4v) is 1.64. The normalized spacial score (nSPS) is 30.4. The van der Waals surface area contributed by atoms with Gasteiger partial charge in [0.2, 0.25) is 0 Å². The summed E-state index contributed by atoms with van der Waals surface area (Å²) in [6.45, 7) is 4.75. The SMILES string of the molecule is C#CCCN1CCC(O)(CC)C1. The monoisotopic (exact) mass is 167 g/mol. The van der Waals surface area contributed by atoms with E-state index in [1.165, 1.54) is 0 Å². The molecule has 0 aromatic rings. The van der Waals surface area contributed by atoms with E-state index in [-0.39, 0.29) is 0 Å². The van der Waals surface area contributed by atoms with Crippen molar-refractivity contribution in [3.63, 3.8) is 0 Å². The molecule has 0 amide bonds. The van der Waals surface area contributed by atoms with Gasteiger partial charge in [-0.2, -0.15) is 0 Å². The molecule has 0 aromatic heterocycles. The highest BCUT2D eigenvalue weighted by atomic mass is 16.3. The fraction of sp³-hybridized carbons (Fsp3) is 0.800. The van der Waals surface area contributed by atoms with Crippen LogP contribution in [0.25, 0.3) is 0 Å². The zero-order chi connectivity index (χ0) is 9.03. The van der Waals surface area contributed by atoms with E-state index in [1.807, 2.05) is 6.92 Å². The average Bonchev–Trinajstić information content (AvgIpc) is 2.45. The van der Waals surface area contributed by atoms with Gasteiger partial charge in [0.05, 0.1) is 5.60 Å². The molecule has 0 aromatic carbocycles. The lowest BCUT2D eigenvalue weighted by molar-refractivity contribution is 0.0457. The van der Waals surface area contributed by atoms with Gasteiger partial charge in [0, 0.05) is 26.1 Å². The van der Waals surface area contributed by atoms with Crippen LogP contribution in [0.2, 0.25) is 0 Å². The molecule has 1 rings (SSSR count). The first-order chi connectivity index (χ1) is 5.70. The van der Waals surface area contributed by atoms with Crippen molar-refractivity contribution in [3.05, 3.63) is 0 Å². The van der Waals surface area contributed by atoms with Gasteiger partial charge in [0.25, 0.3) is 0 Å². The van der Waals surface area contributed by atoms with Crippen LogP contribution in [0, 0.1) is 12.3 Å². The second-order valence-electron chi connectivity index (χ2n) is 3.56. The van der Waals surface area contributed by atoms with Crippen molar-refractivity contribution in [3.8, 4) is 12.3 Å². The van der Waals surface area contributed by atoms with E-state index in [9.17, 15) is 5.11 Å². The standard InChI is InChI=1S/C10H17NO/c1-3-5-7-11-8-6-10(12,4-2)9-11/h1,12H,4-9H2,2H3. The molecule has 1 fully saturated rings. The third-order valence-corrected chi connectivity index (χ3v) is 2.64. The number of aliphatic hydroxyl groups is 1. The van der Waals surface area contributed by atoms with Gasteiger partial charge in [-0.25, -0.2) is 0 Å². The van der Waals surface area contributed by atoms with E-state index in [1.54, 1.807) is 0 Å². The zero-order valence-electron chi connectivity index (χ0n) is 7.71. The van der Waals surface area contributed by atoms with Crippen LogP contribution in [0.1, 0.15) is 26.2 Å². The highest BCUT2D eigenvalue weighted by molar-refractivity contribution is 4.91. The van der Waals surface area contributed by atoms with E-state index < -0.39 is 5.60 Å². The number of rotatable bonds is 3. The molecular formula is C10H17NO. The van der Waals surface area contributed by atoms with Crippen molar-refractivity contribution in [1.29, 1.82) is 0 Å². The predicted octanol–water partition coefficient (Wildman–Crippen LogP) is 0.857. The van der Waals surface area contributed by atoms with Gasteiger partial charge < -0.3 is 5.11 Å². The van der Waals surface area contributed by atoms with Gasteiger partial charge in [0.15, 0.2) is 0 Å². The number of likely N-dealkylation sites (tertiary alicyclic amines) is 1. The molecule has 0 aliphatic carbocycles. The summed E-state index contributed by atoms with van der Waals surface area (Å²) in [4.78, 5) is 2.24. The lowest BCUT2D eigenvalue weighted by atomic mass is 10.0. The summed E-state index contributed by atoms with van der Waals surface area (Å²) in [5.41, 5.74) is -0.436. The van der Waals surface area contributed by atoms with Crippen LogP contribution in [0.15, 0.2) is 0 Å². The summed E-state index contributed by atoms with van der Waals surface area (Å²) in [6.07, 6.45) is 7.70. The average molecular weight is 167 g/mol. The molecule has 12 heavy (non-hydrogen) atoms. The lowest BCUT2D eigenvalue weighted by Gasteiger charge is -2.20. The molecule has 2 heteroatoms. The topological polar surface area (TPSA) is 23.5 Å². The van der Waals surface area contributed by atoms with E-state index in [0.717, 1.165) is 38.9 Å². The van der Waals surface area contributed by atoms with Crippen LogP contribution in [0.4, 0.5) is 0 Å². The highest BCUT2D eigenvalue weighted by Gasteiger charge is 2.33. The lowest BCUT2D eigenvalue weighted by Crippen LogP contribution is -2.32.